The van der Waals surface area contributed by atoms with Crippen LogP contribution < -0.4 is 15.8 Å². The van der Waals surface area contributed by atoms with E-state index in [9.17, 15) is 4.79 Å². The van der Waals surface area contributed by atoms with Crippen molar-refractivity contribution in [3.05, 3.63) is 22.2 Å². The molecule has 0 aliphatic carbocycles. The number of nitrogens with one attached hydrogen (secondary N) is 1. The predicted octanol–water partition coefficient (Wildman–Crippen LogP) is 3.12. The number of nitrogen functional groups attached to an aromatic ring is 1. The zero-order valence-corrected chi connectivity index (χ0v) is 12.7. The van der Waals surface area contributed by atoms with Crippen LogP contribution in [0.25, 0.3) is 0 Å². The number of hydrogen-bond donors (Lipinski definition) is 2. The lowest BCUT2D eigenvalue weighted by atomic mass is 10.1. The summed E-state index contributed by atoms with van der Waals surface area (Å²) in [6.07, 6.45) is 0. The summed E-state index contributed by atoms with van der Waals surface area (Å²) in [5.74, 6) is 0.405. The van der Waals surface area contributed by atoms with Gasteiger partial charge in [-0.25, -0.2) is 0 Å². The molecule has 19 heavy (non-hydrogen) atoms. The number of nitrogens with two attached hydrogens (primary N) is 1. The minimum atomic E-state index is -0.217. The second-order valence-corrected chi connectivity index (χ2v) is 5.52. The van der Waals surface area contributed by atoms with Crippen LogP contribution in [0.15, 0.2) is 12.1 Å². The van der Waals surface area contributed by atoms with Gasteiger partial charge in [-0.3, -0.25) is 4.79 Å². The Balaban J connectivity index is 2.60. The zero-order valence-electron chi connectivity index (χ0n) is 11.2. The lowest BCUT2D eigenvalue weighted by Gasteiger charge is -2.18. The average molecular weight is 305 g/mol. The Morgan fingerprint density at radius 2 is 1.84 bits per heavy atom. The third kappa shape index (κ3) is 4.80. The predicted molar refractivity (Wildman–Crippen MR) is 78.8 cm³/mol. The van der Waals surface area contributed by atoms with E-state index >= 15 is 0 Å². The minimum Gasteiger partial charge on any atom is -0.481 e. The number of carbonyl (C=O) groups excluding carboxylic acids is 1. The van der Waals surface area contributed by atoms with Crippen molar-refractivity contribution >= 4 is 34.8 Å². The van der Waals surface area contributed by atoms with E-state index in [1.165, 1.54) is 12.1 Å². The quantitative estimate of drug-likeness (QED) is 0.822. The molecule has 0 heterocycles. The van der Waals surface area contributed by atoms with Gasteiger partial charge in [0.2, 0.25) is 0 Å². The molecule has 0 bridgehead atoms. The molecule has 1 rings (SSSR count). The van der Waals surface area contributed by atoms with Gasteiger partial charge in [-0.05, 0) is 25.0 Å². The second-order valence-electron chi connectivity index (χ2n) is 4.70. The molecule has 1 amide bonds. The van der Waals surface area contributed by atoms with Crippen LogP contribution in [0.1, 0.15) is 20.8 Å². The topological polar surface area (TPSA) is 64.3 Å². The fourth-order valence-corrected chi connectivity index (χ4v) is 1.93. The number of halogens is 2. The normalized spacial score (nSPS) is 12.3. The van der Waals surface area contributed by atoms with Gasteiger partial charge in [0.15, 0.2) is 12.4 Å². The summed E-state index contributed by atoms with van der Waals surface area (Å²) in [4.78, 5) is 11.7. The molecular formula is C13H18Cl2N2O2. The molecule has 3 N–H and O–H groups in total. The van der Waals surface area contributed by atoms with Gasteiger partial charge in [0.05, 0.1) is 10.0 Å². The van der Waals surface area contributed by atoms with Crippen LogP contribution >= 0.6 is 23.2 Å². The first-order chi connectivity index (χ1) is 8.81. The molecule has 0 radical (unpaired) electrons. The summed E-state index contributed by atoms with van der Waals surface area (Å²) in [6.45, 7) is 5.85. The molecular weight excluding hydrogens is 287 g/mol. The summed E-state index contributed by atoms with van der Waals surface area (Å²) in [5.41, 5.74) is 6.02. The Bertz CT molecular complexity index is 441. The number of ether oxygens (including phenoxy) is 1. The van der Waals surface area contributed by atoms with Gasteiger partial charge < -0.3 is 15.8 Å². The van der Waals surface area contributed by atoms with Gasteiger partial charge >= 0.3 is 0 Å². The molecule has 1 aromatic carbocycles. The highest BCUT2D eigenvalue weighted by Crippen LogP contribution is 2.34. The number of amides is 1. The highest BCUT2D eigenvalue weighted by Gasteiger charge is 2.14. The van der Waals surface area contributed by atoms with E-state index in [2.05, 4.69) is 5.32 Å². The number of hydrogen-bond acceptors (Lipinski definition) is 3. The lowest BCUT2D eigenvalue weighted by Crippen LogP contribution is -2.39. The van der Waals surface area contributed by atoms with Gasteiger partial charge in [-0.15, -0.1) is 0 Å². The fraction of sp³-hybridized carbons (Fsp3) is 0.462. The van der Waals surface area contributed by atoms with Crippen molar-refractivity contribution in [1.82, 2.24) is 5.32 Å². The van der Waals surface area contributed by atoms with Crippen molar-refractivity contribution in [3.63, 3.8) is 0 Å². The molecule has 0 fully saturated rings. The molecule has 1 unspecified atom stereocenters. The molecule has 0 saturated carbocycles. The van der Waals surface area contributed by atoms with Crippen molar-refractivity contribution < 1.29 is 9.53 Å². The van der Waals surface area contributed by atoms with Crippen molar-refractivity contribution in [2.24, 2.45) is 5.92 Å². The molecule has 0 aliphatic heterocycles. The van der Waals surface area contributed by atoms with Crippen LogP contribution in [0.2, 0.25) is 10.0 Å². The summed E-state index contributed by atoms with van der Waals surface area (Å²) in [5, 5.41) is 3.40. The first kappa shape index (κ1) is 15.9. The Hall–Kier alpha value is -1.13. The molecule has 4 nitrogen and oxygen atoms in total. The number of carbonyl (C=O) groups is 1. The first-order valence-corrected chi connectivity index (χ1v) is 6.73. The molecule has 0 spiro atoms. The van der Waals surface area contributed by atoms with Gasteiger partial charge in [0.25, 0.3) is 5.91 Å². The zero-order chi connectivity index (χ0) is 14.6. The Labute approximate surface area is 123 Å². The van der Waals surface area contributed by atoms with Crippen LogP contribution in [0.5, 0.6) is 5.75 Å². The molecule has 1 atom stereocenters. The summed E-state index contributed by atoms with van der Waals surface area (Å²) in [7, 11) is 0. The molecule has 0 aromatic heterocycles. The van der Waals surface area contributed by atoms with Gasteiger partial charge in [0.1, 0.15) is 0 Å². The van der Waals surface area contributed by atoms with E-state index in [4.69, 9.17) is 33.7 Å². The number of anilines is 1. The fourth-order valence-electron chi connectivity index (χ4n) is 1.32. The summed E-state index contributed by atoms with van der Waals surface area (Å²) >= 11 is 11.9. The van der Waals surface area contributed by atoms with E-state index in [-0.39, 0.29) is 34.4 Å². The second kappa shape index (κ2) is 6.87. The lowest BCUT2D eigenvalue weighted by molar-refractivity contribution is -0.123. The maximum absolute atomic E-state index is 11.7. The van der Waals surface area contributed by atoms with E-state index < -0.39 is 0 Å². The van der Waals surface area contributed by atoms with Crippen LogP contribution in [0.3, 0.4) is 0 Å². The third-order valence-electron chi connectivity index (χ3n) is 2.76. The Morgan fingerprint density at radius 1 is 1.32 bits per heavy atom. The first-order valence-electron chi connectivity index (χ1n) is 5.98. The molecule has 1 aromatic rings. The SMILES string of the molecule is CC(C)C(C)NC(=O)COc1c(Cl)cc(N)cc1Cl. The molecule has 0 saturated heterocycles. The molecule has 0 aliphatic rings. The van der Waals surface area contributed by atoms with Crippen LogP contribution in [0, 0.1) is 5.92 Å². The Kier molecular flexibility index (Phi) is 5.76. The van der Waals surface area contributed by atoms with Crippen LogP contribution in [0.4, 0.5) is 5.69 Å². The third-order valence-corrected chi connectivity index (χ3v) is 3.32. The van der Waals surface area contributed by atoms with Gasteiger partial charge in [0, 0.05) is 11.7 Å². The van der Waals surface area contributed by atoms with E-state index in [0.717, 1.165) is 0 Å². The monoisotopic (exact) mass is 304 g/mol. The maximum atomic E-state index is 11.7. The average Bonchev–Trinajstić information content (AvgIpc) is 2.27. The van der Waals surface area contributed by atoms with Crippen LogP contribution in [-0.4, -0.2) is 18.6 Å². The summed E-state index contributed by atoms with van der Waals surface area (Å²) < 4.78 is 5.33. The van der Waals surface area contributed by atoms with E-state index in [1.54, 1.807) is 0 Å². The van der Waals surface area contributed by atoms with Crippen molar-refractivity contribution in [3.8, 4) is 5.75 Å². The van der Waals surface area contributed by atoms with Crippen molar-refractivity contribution in [1.29, 1.82) is 0 Å². The van der Waals surface area contributed by atoms with Crippen LogP contribution in [-0.2, 0) is 4.79 Å². The van der Waals surface area contributed by atoms with Crippen molar-refractivity contribution in [2.75, 3.05) is 12.3 Å². The van der Waals surface area contributed by atoms with E-state index in [1.807, 2.05) is 20.8 Å². The standard InChI is InChI=1S/C13H18Cl2N2O2/c1-7(2)8(3)17-12(18)6-19-13-10(14)4-9(16)5-11(13)15/h4-5,7-8H,6,16H2,1-3H3,(H,17,18). The van der Waals surface area contributed by atoms with Crippen molar-refractivity contribution in [2.45, 2.75) is 26.8 Å². The van der Waals surface area contributed by atoms with Gasteiger partial charge in [-0.2, -0.15) is 0 Å². The largest absolute Gasteiger partial charge is 0.481 e. The Morgan fingerprint density at radius 3 is 2.32 bits per heavy atom. The molecule has 6 heteroatoms. The number of rotatable bonds is 5. The maximum Gasteiger partial charge on any atom is 0.258 e. The van der Waals surface area contributed by atoms with E-state index in [0.29, 0.717) is 11.6 Å². The highest BCUT2D eigenvalue weighted by molar-refractivity contribution is 6.37. The molecule has 106 valence electrons. The minimum absolute atomic E-state index is 0.0773. The smallest absolute Gasteiger partial charge is 0.258 e. The van der Waals surface area contributed by atoms with Gasteiger partial charge in [-0.1, -0.05) is 37.0 Å². The highest BCUT2D eigenvalue weighted by atomic mass is 35.5. The summed E-state index contributed by atoms with van der Waals surface area (Å²) in [6, 6.07) is 3.13. The number of benzene rings is 1.